The molecule has 1 aromatic rings. The molecule has 1 saturated heterocycles. The van der Waals surface area contributed by atoms with Gasteiger partial charge in [0.1, 0.15) is 5.69 Å². The van der Waals surface area contributed by atoms with E-state index in [1.54, 1.807) is 11.3 Å². The molecule has 2 aliphatic rings. The molecule has 0 unspecified atom stereocenters. The molecule has 0 spiro atoms. The number of hydrogen-bond donors (Lipinski definition) is 1. The predicted octanol–water partition coefficient (Wildman–Crippen LogP) is 1.67. The zero-order valence-corrected chi connectivity index (χ0v) is 10.8. The first-order valence-corrected chi connectivity index (χ1v) is 6.83. The number of hydrogen-bond acceptors (Lipinski definition) is 4. The summed E-state index contributed by atoms with van der Waals surface area (Å²) in [5.74, 6) is 0.501. The number of thiazole rings is 1. The Morgan fingerprint density at radius 1 is 1.53 bits per heavy atom. The molecule has 1 amide bonds. The lowest BCUT2D eigenvalue weighted by Crippen LogP contribution is -2.53. The van der Waals surface area contributed by atoms with E-state index in [9.17, 15) is 4.79 Å². The minimum atomic E-state index is -0.0257. The lowest BCUT2D eigenvalue weighted by Gasteiger charge is -2.39. The summed E-state index contributed by atoms with van der Waals surface area (Å²) in [6.07, 6.45) is 2.42. The standard InChI is InChI=1S/C12H16N2O2S/c1-6-11(13-7(2)17-6)12(15)14-9-5-10-8(9)3-4-16-10/h8-10H,3-5H2,1-2H3,(H,14,15)/t8-,9+,10+/m1/s1. The summed E-state index contributed by atoms with van der Waals surface area (Å²) < 4.78 is 5.53. The van der Waals surface area contributed by atoms with Gasteiger partial charge in [0.15, 0.2) is 0 Å². The minimum absolute atomic E-state index is 0.0257. The number of nitrogens with one attached hydrogen (secondary N) is 1. The number of ether oxygens (including phenoxy) is 1. The molecule has 0 radical (unpaired) electrons. The van der Waals surface area contributed by atoms with Gasteiger partial charge in [0, 0.05) is 23.4 Å². The van der Waals surface area contributed by atoms with Gasteiger partial charge in [-0.1, -0.05) is 0 Å². The van der Waals surface area contributed by atoms with E-state index in [2.05, 4.69) is 10.3 Å². The summed E-state index contributed by atoms with van der Waals surface area (Å²) in [6.45, 7) is 4.72. The zero-order chi connectivity index (χ0) is 12.0. The molecule has 17 heavy (non-hydrogen) atoms. The van der Waals surface area contributed by atoms with Gasteiger partial charge in [-0.25, -0.2) is 4.98 Å². The van der Waals surface area contributed by atoms with Gasteiger partial charge in [-0.05, 0) is 26.7 Å². The lowest BCUT2D eigenvalue weighted by atomic mass is 9.76. The highest BCUT2D eigenvalue weighted by Gasteiger charge is 2.45. The van der Waals surface area contributed by atoms with Crippen molar-refractivity contribution in [3.63, 3.8) is 0 Å². The SMILES string of the molecule is Cc1nc(C(=O)N[C@H]2C[C@@H]3OCC[C@H]23)c(C)s1. The molecule has 1 aliphatic carbocycles. The third kappa shape index (κ3) is 1.87. The highest BCUT2D eigenvalue weighted by Crippen LogP contribution is 2.38. The van der Waals surface area contributed by atoms with Gasteiger partial charge in [-0.2, -0.15) is 0 Å². The monoisotopic (exact) mass is 252 g/mol. The molecule has 2 fully saturated rings. The van der Waals surface area contributed by atoms with Gasteiger partial charge in [0.25, 0.3) is 5.91 Å². The first-order chi connectivity index (χ1) is 8.15. The number of carbonyl (C=O) groups is 1. The fraction of sp³-hybridized carbons (Fsp3) is 0.667. The van der Waals surface area contributed by atoms with Crippen LogP contribution < -0.4 is 5.32 Å². The number of rotatable bonds is 2. The molecular formula is C12H16N2O2S. The molecule has 1 aliphatic heterocycles. The maximum absolute atomic E-state index is 12.1. The Morgan fingerprint density at radius 3 is 3.00 bits per heavy atom. The predicted molar refractivity (Wildman–Crippen MR) is 65.3 cm³/mol. The summed E-state index contributed by atoms with van der Waals surface area (Å²) in [4.78, 5) is 17.3. The second kappa shape index (κ2) is 4.07. The van der Waals surface area contributed by atoms with Crippen LogP contribution in [0, 0.1) is 19.8 Å². The molecule has 0 bridgehead atoms. The summed E-state index contributed by atoms with van der Waals surface area (Å²) in [7, 11) is 0. The van der Waals surface area contributed by atoms with Crippen LogP contribution in [0.25, 0.3) is 0 Å². The van der Waals surface area contributed by atoms with Gasteiger partial charge in [-0.15, -0.1) is 11.3 Å². The number of nitrogens with zero attached hydrogens (tertiary/aromatic N) is 1. The lowest BCUT2D eigenvalue weighted by molar-refractivity contribution is 0.00802. The van der Waals surface area contributed by atoms with Crippen molar-refractivity contribution in [2.24, 2.45) is 5.92 Å². The molecule has 3 atom stereocenters. The van der Waals surface area contributed by atoms with Crippen molar-refractivity contribution in [1.29, 1.82) is 0 Å². The van der Waals surface area contributed by atoms with E-state index in [1.165, 1.54) is 0 Å². The van der Waals surface area contributed by atoms with Crippen LogP contribution in [0.2, 0.25) is 0 Å². The highest BCUT2D eigenvalue weighted by atomic mass is 32.1. The van der Waals surface area contributed by atoms with Crippen LogP contribution in [0.3, 0.4) is 0 Å². The Bertz CT molecular complexity index is 457. The van der Waals surface area contributed by atoms with Crippen molar-refractivity contribution in [3.8, 4) is 0 Å². The van der Waals surface area contributed by atoms with Gasteiger partial charge in [0.05, 0.1) is 11.1 Å². The quantitative estimate of drug-likeness (QED) is 0.871. The first kappa shape index (κ1) is 11.2. The third-order valence-electron chi connectivity index (χ3n) is 3.70. The number of aryl methyl sites for hydroxylation is 2. The van der Waals surface area contributed by atoms with Crippen LogP contribution in [0.15, 0.2) is 0 Å². The number of amides is 1. The Hall–Kier alpha value is -0.940. The van der Waals surface area contributed by atoms with Crippen molar-refractivity contribution >= 4 is 17.2 Å². The fourth-order valence-corrected chi connectivity index (χ4v) is 3.55. The van der Waals surface area contributed by atoms with Gasteiger partial charge in [-0.3, -0.25) is 4.79 Å². The van der Waals surface area contributed by atoms with E-state index in [0.29, 0.717) is 17.7 Å². The highest BCUT2D eigenvalue weighted by molar-refractivity contribution is 7.11. The second-order valence-corrected chi connectivity index (χ2v) is 6.22. The zero-order valence-electron chi connectivity index (χ0n) is 10.0. The van der Waals surface area contributed by atoms with E-state index in [0.717, 1.165) is 29.3 Å². The maximum Gasteiger partial charge on any atom is 0.271 e. The second-order valence-electron chi connectivity index (χ2n) is 4.82. The molecular weight excluding hydrogens is 236 g/mol. The third-order valence-corrected chi connectivity index (χ3v) is 4.59. The Balaban J connectivity index is 1.66. The van der Waals surface area contributed by atoms with E-state index in [4.69, 9.17) is 4.74 Å². The molecule has 5 heteroatoms. The van der Waals surface area contributed by atoms with Crippen LogP contribution >= 0.6 is 11.3 Å². The van der Waals surface area contributed by atoms with Crippen LogP contribution in [-0.4, -0.2) is 29.6 Å². The normalized spacial score (nSPS) is 30.8. The fourth-order valence-electron chi connectivity index (χ4n) is 2.74. The summed E-state index contributed by atoms with van der Waals surface area (Å²) in [5, 5.41) is 4.03. The number of fused-ring (bicyclic) bond motifs is 1. The summed E-state index contributed by atoms with van der Waals surface area (Å²) >= 11 is 1.57. The largest absolute Gasteiger partial charge is 0.378 e. The van der Waals surface area contributed by atoms with Gasteiger partial charge in [0.2, 0.25) is 0 Å². The van der Waals surface area contributed by atoms with Gasteiger partial charge >= 0.3 is 0 Å². The van der Waals surface area contributed by atoms with Crippen molar-refractivity contribution in [1.82, 2.24) is 10.3 Å². The van der Waals surface area contributed by atoms with E-state index >= 15 is 0 Å². The molecule has 92 valence electrons. The topological polar surface area (TPSA) is 51.2 Å². The Morgan fingerprint density at radius 2 is 2.35 bits per heavy atom. The number of carbonyl (C=O) groups excluding carboxylic acids is 1. The maximum atomic E-state index is 12.1. The van der Waals surface area contributed by atoms with E-state index in [1.807, 2.05) is 13.8 Å². The molecule has 1 aromatic heterocycles. The Labute approximate surface area is 104 Å². The smallest absolute Gasteiger partial charge is 0.271 e. The molecule has 3 rings (SSSR count). The summed E-state index contributed by atoms with van der Waals surface area (Å²) in [5.41, 5.74) is 0.592. The average Bonchev–Trinajstić information content (AvgIpc) is 2.78. The van der Waals surface area contributed by atoms with Crippen molar-refractivity contribution in [2.75, 3.05) is 6.61 Å². The van der Waals surface area contributed by atoms with Crippen LogP contribution in [0.4, 0.5) is 0 Å². The molecule has 1 N–H and O–H groups in total. The number of aromatic nitrogens is 1. The van der Waals surface area contributed by atoms with Crippen LogP contribution in [-0.2, 0) is 4.74 Å². The summed E-state index contributed by atoms with van der Waals surface area (Å²) in [6, 6.07) is 0.288. The van der Waals surface area contributed by atoms with Gasteiger partial charge < -0.3 is 10.1 Å². The molecule has 2 heterocycles. The molecule has 0 aromatic carbocycles. The first-order valence-electron chi connectivity index (χ1n) is 6.01. The van der Waals surface area contributed by atoms with Crippen LogP contribution in [0.5, 0.6) is 0 Å². The van der Waals surface area contributed by atoms with E-state index in [-0.39, 0.29) is 11.9 Å². The molecule has 4 nitrogen and oxygen atoms in total. The van der Waals surface area contributed by atoms with E-state index < -0.39 is 0 Å². The van der Waals surface area contributed by atoms with Crippen LogP contribution in [0.1, 0.15) is 33.2 Å². The Kier molecular flexibility index (Phi) is 2.67. The minimum Gasteiger partial charge on any atom is -0.378 e. The van der Waals surface area contributed by atoms with Crippen molar-refractivity contribution in [2.45, 2.75) is 38.8 Å². The molecule has 1 saturated carbocycles. The average molecular weight is 252 g/mol. The van der Waals surface area contributed by atoms with Crippen molar-refractivity contribution < 1.29 is 9.53 Å². The van der Waals surface area contributed by atoms with Crippen molar-refractivity contribution in [3.05, 3.63) is 15.6 Å².